The number of halogens is 1. The van der Waals surface area contributed by atoms with Crippen LogP contribution in [0.3, 0.4) is 0 Å². The molecule has 3 heteroatoms. The van der Waals surface area contributed by atoms with E-state index in [0.29, 0.717) is 18.1 Å². The van der Waals surface area contributed by atoms with Crippen LogP contribution >= 0.6 is 15.9 Å². The van der Waals surface area contributed by atoms with Gasteiger partial charge in [-0.2, -0.15) is 0 Å². The number of rotatable bonds is 4. The minimum atomic E-state index is 0.375. The van der Waals surface area contributed by atoms with Gasteiger partial charge in [-0.15, -0.1) is 0 Å². The first kappa shape index (κ1) is 13.1. The largest absolute Gasteiger partial charge is 0.378 e. The van der Waals surface area contributed by atoms with Crippen molar-refractivity contribution in [2.24, 2.45) is 5.92 Å². The van der Waals surface area contributed by atoms with Gasteiger partial charge in [-0.25, -0.2) is 0 Å². The first-order chi connectivity index (χ1) is 8.20. The van der Waals surface area contributed by atoms with Crippen LogP contribution < -0.4 is 5.32 Å². The molecule has 0 saturated carbocycles. The van der Waals surface area contributed by atoms with Gasteiger partial charge in [0.05, 0.1) is 6.10 Å². The molecule has 0 aliphatic carbocycles. The Morgan fingerprint density at radius 3 is 2.94 bits per heavy atom. The fourth-order valence-electron chi connectivity index (χ4n) is 2.66. The minimum absolute atomic E-state index is 0.375. The Morgan fingerprint density at radius 1 is 1.53 bits per heavy atom. The molecule has 3 atom stereocenters. The quantitative estimate of drug-likeness (QED) is 0.922. The van der Waals surface area contributed by atoms with Crippen molar-refractivity contribution in [2.75, 3.05) is 13.7 Å². The first-order valence-electron chi connectivity index (χ1n) is 6.24. The van der Waals surface area contributed by atoms with Crippen molar-refractivity contribution < 1.29 is 4.74 Å². The average Bonchev–Trinajstić information content (AvgIpc) is 2.72. The maximum Gasteiger partial charge on any atom is 0.0590 e. The summed E-state index contributed by atoms with van der Waals surface area (Å²) in [5.41, 5.74) is 1.37. The highest BCUT2D eigenvalue weighted by atomic mass is 79.9. The lowest BCUT2D eigenvalue weighted by molar-refractivity contribution is 0.0963. The molecular weight excluding hydrogens is 278 g/mol. The van der Waals surface area contributed by atoms with Gasteiger partial charge < -0.3 is 10.1 Å². The van der Waals surface area contributed by atoms with E-state index in [4.69, 9.17) is 4.74 Å². The average molecular weight is 298 g/mol. The Morgan fingerprint density at radius 2 is 2.35 bits per heavy atom. The summed E-state index contributed by atoms with van der Waals surface area (Å²) in [5, 5.41) is 3.45. The Bertz CT molecular complexity index is 369. The monoisotopic (exact) mass is 297 g/mol. The van der Waals surface area contributed by atoms with E-state index in [0.717, 1.165) is 17.5 Å². The number of nitrogens with one attached hydrogen (secondary N) is 1. The highest BCUT2D eigenvalue weighted by Gasteiger charge is 2.30. The molecule has 2 rings (SSSR count). The topological polar surface area (TPSA) is 21.3 Å². The van der Waals surface area contributed by atoms with Crippen molar-refractivity contribution in [3.63, 3.8) is 0 Å². The first-order valence-corrected chi connectivity index (χ1v) is 7.03. The van der Waals surface area contributed by atoms with Crippen LogP contribution in [0.15, 0.2) is 28.7 Å². The van der Waals surface area contributed by atoms with E-state index in [2.05, 4.69) is 52.4 Å². The smallest absolute Gasteiger partial charge is 0.0590 e. The zero-order chi connectivity index (χ0) is 12.3. The minimum Gasteiger partial charge on any atom is -0.378 e. The van der Waals surface area contributed by atoms with Crippen molar-refractivity contribution in [2.45, 2.75) is 31.9 Å². The third kappa shape index (κ3) is 3.30. The van der Waals surface area contributed by atoms with Gasteiger partial charge in [0.1, 0.15) is 0 Å². The second-order valence-electron chi connectivity index (χ2n) is 4.76. The number of likely N-dealkylation sites (N-methyl/N-ethyl adjacent to an activating group) is 1. The Hall–Kier alpha value is -0.380. The maximum atomic E-state index is 5.66. The highest BCUT2D eigenvalue weighted by molar-refractivity contribution is 9.10. The number of ether oxygens (including phenoxy) is 1. The van der Waals surface area contributed by atoms with Gasteiger partial charge in [0.2, 0.25) is 0 Å². The van der Waals surface area contributed by atoms with Crippen LogP contribution in [-0.2, 0) is 11.2 Å². The predicted octanol–water partition coefficient (Wildman–Crippen LogP) is 3.00. The lowest BCUT2D eigenvalue weighted by Gasteiger charge is -2.25. The van der Waals surface area contributed by atoms with E-state index in [9.17, 15) is 0 Å². The van der Waals surface area contributed by atoms with Crippen LogP contribution in [0, 0.1) is 5.92 Å². The van der Waals surface area contributed by atoms with Crippen LogP contribution in [0.5, 0.6) is 0 Å². The Balaban J connectivity index is 2.04. The molecule has 1 aromatic rings. The van der Waals surface area contributed by atoms with Gasteiger partial charge in [-0.3, -0.25) is 0 Å². The molecule has 17 heavy (non-hydrogen) atoms. The second kappa shape index (κ2) is 5.98. The summed E-state index contributed by atoms with van der Waals surface area (Å²) < 4.78 is 6.81. The predicted molar refractivity (Wildman–Crippen MR) is 74.2 cm³/mol. The van der Waals surface area contributed by atoms with Crippen LogP contribution in [0.4, 0.5) is 0 Å². The van der Waals surface area contributed by atoms with Crippen molar-refractivity contribution in [1.29, 1.82) is 0 Å². The van der Waals surface area contributed by atoms with Crippen molar-refractivity contribution in [3.05, 3.63) is 34.3 Å². The fourth-order valence-corrected chi connectivity index (χ4v) is 3.11. The molecular formula is C14H20BrNO. The summed E-state index contributed by atoms with van der Waals surface area (Å²) in [5.74, 6) is 0.624. The summed E-state index contributed by atoms with van der Waals surface area (Å²) in [7, 11) is 2.05. The summed E-state index contributed by atoms with van der Waals surface area (Å²) in [6, 6.07) is 9.06. The summed E-state index contributed by atoms with van der Waals surface area (Å²) in [4.78, 5) is 0. The second-order valence-corrected chi connectivity index (χ2v) is 5.67. The molecule has 1 fully saturated rings. The van der Waals surface area contributed by atoms with E-state index in [1.807, 2.05) is 7.05 Å². The number of hydrogen-bond acceptors (Lipinski definition) is 2. The SMILES string of the molecule is CNC(Cc1cccc(Br)c1)C1CCOC1C. The van der Waals surface area contributed by atoms with Crippen molar-refractivity contribution in [3.8, 4) is 0 Å². The van der Waals surface area contributed by atoms with E-state index in [1.165, 1.54) is 12.0 Å². The molecule has 1 N–H and O–H groups in total. The van der Waals surface area contributed by atoms with Crippen LogP contribution in [0.25, 0.3) is 0 Å². The molecule has 1 aliphatic rings. The van der Waals surface area contributed by atoms with E-state index >= 15 is 0 Å². The van der Waals surface area contributed by atoms with Gasteiger partial charge >= 0.3 is 0 Å². The van der Waals surface area contributed by atoms with Crippen LogP contribution in [-0.4, -0.2) is 25.8 Å². The van der Waals surface area contributed by atoms with Gasteiger partial charge in [0.25, 0.3) is 0 Å². The Kier molecular flexibility index (Phi) is 4.60. The lowest BCUT2D eigenvalue weighted by atomic mass is 9.89. The van der Waals surface area contributed by atoms with E-state index < -0.39 is 0 Å². The van der Waals surface area contributed by atoms with Gasteiger partial charge in [-0.05, 0) is 44.5 Å². The standard InChI is InChI=1S/C14H20BrNO/c1-10-13(6-7-17-10)14(16-2)9-11-4-3-5-12(15)8-11/h3-5,8,10,13-14,16H,6-7,9H2,1-2H3. The highest BCUT2D eigenvalue weighted by Crippen LogP contribution is 2.26. The molecule has 0 bridgehead atoms. The number of hydrogen-bond donors (Lipinski definition) is 1. The normalized spacial score (nSPS) is 26.1. The van der Waals surface area contributed by atoms with Crippen molar-refractivity contribution in [1.82, 2.24) is 5.32 Å². The molecule has 3 unspecified atom stereocenters. The molecule has 0 spiro atoms. The third-order valence-electron chi connectivity index (χ3n) is 3.67. The summed E-state index contributed by atoms with van der Waals surface area (Å²) in [6.07, 6.45) is 2.61. The number of benzene rings is 1. The van der Waals surface area contributed by atoms with E-state index in [1.54, 1.807) is 0 Å². The molecule has 0 amide bonds. The molecule has 1 saturated heterocycles. The summed E-state index contributed by atoms with van der Waals surface area (Å²) in [6.45, 7) is 3.09. The van der Waals surface area contributed by atoms with Crippen molar-refractivity contribution >= 4 is 15.9 Å². The van der Waals surface area contributed by atoms with Gasteiger partial charge in [0.15, 0.2) is 0 Å². The van der Waals surface area contributed by atoms with Gasteiger partial charge in [-0.1, -0.05) is 28.1 Å². The fraction of sp³-hybridized carbons (Fsp3) is 0.571. The zero-order valence-corrected chi connectivity index (χ0v) is 12.0. The molecule has 1 aliphatic heterocycles. The molecule has 94 valence electrons. The molecule has 1 aromatic carbocycles. The van der Waals surface area contributed by atoms with Gasteiger partial charge in [0, 0.05) is 23.0 Å². The Labute approximate surface area is 112 Å². The maximum absolute atomic E-state index is 5.66. The molecule has 0 radical (unpaired) electrons. The van der Waals surface area contributed by atoms with E-state index in [-0.39, 0.29) is 0 Å². The van der Waals surface area contributed by atoms with Crippen LogP contribution in [0.1, 0.15) is 18.9 Å². The molecule has 1 heterocycles. The lowest BCUT2D eigenvalue weighted by Crippen LogP contribution is -2.38. The summed E-state index contributed by atoms with van der Waals surface area (Å²) >= 11 is 3.52. The zero-order valence-electron chi connectivity index (χ0n) is 10.4. The molecule has 2 nitrogen and oxygen atoms in total. The third-order valence-corrected chi connectivity index (χ3v) is 4.16. The molecule has 0 aromatic heterocycles. The van der Waals surface area contributed by atoms with Crippen LogP contribution in [0.2, 0.25) is 0 Å².